The molecule has 0 saturated carbocycles. The molecule has 0 aromatic carbocycles. The molecule has 0 bridgehead atoms. The topological polar surface area (TPSA) is 55.8 Å². The van der Waals surface area contributed by atoms with Crippen LogP contribution in [0.3, 0.4) is 0 Å². The molecular weight excluding hydrogens is 206 g/mol. The zero-order valence-electron chi connectivity index (χ0n) is 10.5. The highest BCUT2D eigenvalue weighted by Gasteiger charge is 2.31. The lowest BCUT2D eigenvalue weighted by atomic mass is 10.0. The highest BCUT2D eigenvalue weighted by atomic mass is 16.3. The van der Waals surface area contributed by atoms with Crippen molar-refractivity contribution >= 4 is 5.91 Å². The number of amides is 1. The van der Waals surface area contributed by atoms with Crippen molar-refractivity contribution < 1.29 is 9.90 Å². The third kappa shape index (κ3) is 4.08. The zero-order chi connectivity index (χ0) is 12.2. The molecule has 1 heterocycles. The van der Waals surface area contributed by atoms with Gasteiger partial charge in [-0.3, -0.25) is 4.79 Å². The number of nitrogens with one attached hydrogen (secondary N) is 1. The van der Waals surface area contributed by atoms with Gasteiger partial charge in [-0.15, -0.1) is 0 Å². The van der Waals surface area contributed by atoms with Crippen LogP contribution in [0, 0.1) is 0 Å². The van der Waals surface area contributed by atoms with Gasteiger partial charge in [0.1, 0.15) is 0 Å². The summed E-state index contributed by atoms with van der Waals surface area (Å²) in [5.74, 6) is 0.128. The van der Waals surface area contributed by atoms with Crippen molar-refractivity contribution in [3.8, 4) is 0 Å². The highest BCUT2D eigenvalue weighted by Crippen LogP contribution is 2.15. The van der Waals surface area contributed by atoms with E-state index in [9.17, 15) is 9.90 Å². The molecule has 0 radical (unpaired) electrons. The first-order valence-corrected chi connectivity index (χ1v) is 5.75. The number of hydrogen-bond acceptors (Lipinski definition) is 4. The summed E-state index contributed by atoms with van der Waals surface area (Å²) >= 11 is 0. The second-order valence-corrected chi connectivity index (χ2v) is 4.93. The van der Waals surface area contributed by atoms with E-state index in [1.807, 2.05) is 11.9 Å². The number of β-amino-alcohol motifs (C(OH)–C–C–N with tert-alkyl or cyclic N) is 1. The number of hydrogen-bond donors (Lipinski definition) is 2. The van der Waals surface area contributed by atoms with Crippen molar-refractivity contribution in [3.63, 3.8) is 0 Å². The Hall–Kier alpha value is -0.650. The van der Waals surface area contributed by atoms with Gasteiger partial charge in [-0.1, -0.05) is 0 Å². The summed E-state index contributed by atoms with van der Waals surface area (Å²) in [7, 11) is 5.47. The number of carbonyl (C=O) groups excluding carboxylic acids is 1. The molecule has 0 spiro atoms. The van der Waals surface area contributed by atoms with E-state index in [1.165, 1.54) is 0 Å². The minimum Gasteiger partial charge on any atom is -0.387 e. The van der Waals surface area contributed by atoms with Gasteiger partial charge < -0.3 is 20.2 Å². The summed E-state index contributed by atoms with van der Waals surface area (Å²) in [4.78, 5) is 15.0. The lowest BCUT2D eigenvalue weighted by Crippen LogP contribution is -2.44. The molecule has 0 aliphatic carbocycles. The van der Waals surface area contributed by atoms with Gasteiger partial charge in [0.2, 0.25) is 5.91 Å². The fourth-order valence-electron chi connectivity index (χ4n) is 1.96. The van der Waals surface area contributed by atoms with Crippen LogP contribution in [0.15, 0.2) is 0 Å². The smallest absolute Gasteiger partial charge is 0.223 e. The van der Waals surface area contributed by atoms with Gasteiger partial charge in [0.25, 0.3) is 0 Å². The Kier molecular flexibility index (Phi) is 4.70. The molecule has 5 nitrogen and oxygen atoms in total. The highest BCUT2D eigenvalue weighted by molar-refractivity contribution is 5.75. The predicted molar refractivity (Wildman–Crippen MR) is 63.2 cm³/mol. The SMILES string of the molecule is CN(CCC(=O)N(C)C)CC1(O)CCNC1. The van der Waals surface area contributed by atoms with E-state index in [4.69, 9.17) is 0 Å². The average molecular weight is 229 g/mol. The average Bonchev–Trinajstić information content (AvgIpc) is 2.60. The van der Waals surface area contributed by atoms with Gasteiger partial charge >= 0.3 is 0 Å². The summed E-state index contributed by atoms with van der Waals surface area (Å²) < 4.78 is 0. The van der Waals surface area contributed by atoms with Crippen molar-refractivity contribution in [3.05, 3.63) is 0 Å². The first-order valence-electron chi connectivity index (χ1n) is 5.75. The summed E-state index contributed by atoms with van der Waals surface area (Å²) in [6.07, 6.45) is 1.30. The second kappa shape index (κ2) is 5.61. The standard InChI is InChI=1S/C11H23N3O2/c1-13(2)10(15)4-7-14(3)9-11(16)5-6-12-8-11/h12,16H,4-9H2,1-3H3. The van der Waals surface area contributed by atoms with Crippen LogP contribution in [0.4, 0.5) is 0 Å². The number of carbonyl (C=O) groups is 1. The van der Waals surface area contributed by atoms with E-state index in [2.05, 4.69) is 5.32 Å². The largest absolute Gasteiger partial charge is 0.387 e. The number of nitrogens with zero attached hydrogens (tertiary/aromatic N) is 2. The van der Waals surface area contributed by atoms with Crippen LogP contribution in [0.2, 0.25) is 0 Å². The molecule has 1 unspecified atom stereocenters. The Morgan fingerprint density at radius 1 is 1.44 bits per heavy atom. The second-order valence-electron chi connectivity index (χ2n) is 4.93. The predicted octanol–water partition coefficient (Wildman–Crippen LogP) is -0.879. The molecule has 1 saturated heterocycles. The Bertz CT molecular complexity index is 237. The van der Waals surface area contributed by atoms with Crippen LogP contribution >= 0.6 is 0 Å². The van der Waals surface area contributed by atoms with Gasteiger partial charge in [-0.25, -0.2) is 0 Å². The molecule has 2 N–H and O–H groups in total. The van der Waals surface area contributed by atoms with Crippen molar-refractivity contribution in [2.24, 2.45) is 0 Å². The van der Waals surface area contributed by atoms with Gasteiger partial charge in [0.15, 0.2) is 0 Å². The summed E-state index contributed by atoms with van der Waals surface area (Å²) in [6, 6.07) is 0. The van der Waals surface area contributed by atoms with Crippen LogP contribution in [-0.2, 0) is 4.79 Å². The minimum absolute atomic E-state index is 0.128. The van der Waals surface area contributed by atoms with Crippen LogP contribution in [0.1, 0.15) is 12.8 Å². The first-order chi connectivity index (χ1) is 7.43. The molecule has 1 fully saturated rings. The summed E-state index contributed by atoms with van der Waals surface area (Å²) in [5.41, 5.74) is -0.615. The Balaban J connectivity index is 2.25. The lowest BCUT2D eigenvalue weighted by Gasteiger charge is -2.28. The van der Waals surface area contributed by atoms with Crippen molar-refractivity contribution in [2.75, 3.05) is 47.3 Å². The molecule has 94 valence electrons. The molecular formula is C11H23N3O2. The van der Waals surface area contributed by atoms with Gasteiger partial charge in [-0.2, -0.15) is 0 Å². The Morgan fingerprint density at radius 3 is 2.62 bits per heavy atom. The van der Waals surface area contributed by atoms with Crippen molar-refractivity contribution in [1.82, 2.24) is 15.1 Å². The molecule has 1 atom stereocenters. The molecule has 0 aromatic heterocycles. The first kappa shape index (κ1) is 13.4. The van der Waals surface area contributed by atoms with Crippen molar-refractivity contribution in [1.29, 1.82) is 0 Å². The summed E-state index contributed by atoms with van der Waals surface area (Å²) in [5, 5.41) is 13.3. The van der Waals surface area contributed by atoms with E-state index in [0.29, 0.717) is 26.1 Å². The monoisotopic (exact) mass is 229 g/mol. The van der Waals surface area contributed by atoms with Crippen molar-refractivity contribution in [2.45, 2.75) is 18.4 Å². The molecule has 5 heteroatoms. The van der Waals surface area contributed by atoms with Gasteiger partial charge in [0.05, 0.1) is 5.60 Å². The Morgan fingerprint density at radius 2 is 2.12 bits per heavy atom. The Labute approximate surface area is 97.4 Å². The minimum atomic E-state index is -0.615. The third-order valence-electron chi connectivity index (χ3n) is 2.99. The number of likely N-dealkylation sites (N-methyl/N-ethyl adjacent to an activating group) is 1. The van der Waals surface area contributed by atoms with E-state index in [1.54, 1.807) is 19.0 Å². The molecule has 16 heavy (non-hydrogen) atoms. The number of aliphatic hydroxyl groups is 1. The van der Waals surface area contributed by atoms with E-state index in [0.717, 1.165) is 13.0 Å². The third-order valence-corrected chi connectivity index (χ3v) is 2.99. The van der Waals surface area contributed by atoms with Gasteiger partial charge in [-0.05, 0) is 20.0 Å². The fourth-order valence-corrected chi connectivity index (χ4v) is 1.96. The maximum atomic E-state index is 11.4. The zero-order valence-corrected chi connectivity index (χ0v) is 10.5. The molecule has 1 aliphatic rings. The van der Waals surface area contributed by atoms with E-state index in [-0.39, 0.29) is 5.91 Å². The normalized spacial score (nSPS) is 25.1. The molecule has 1 rings (SSSR count). The molecule has 1 amide bonds. The van der Waals surface area contributed by atoms with Crippen LogP contribution in [0.5, 0.6) is 0 Å². The van der Waals surface area contributed by atoms with Crippen LogP contribution in [-0.4, -0.2) is 73.7 Å². The maximum Gasteiger partial charge on any atom is 0.223 e. The van der Waals surface area contributed by atoms with E-state index >= 15 is 0 Å². The summed E-state index contributed by atoms with van der Waals surface area (Å²) in [6.45, 7) is 2.85. The molecule has 0 aromatic rings. The molecule has 1 aliphatic heterocycles. The van der Waals surface area contributed by atoms with Crippen LogP contribution < -0.4 is 5.32 Å². The maximum absolute atomic E-state index is 11.4. The lowest BCUT2D eigenvalue weighted by molar-refractivity contribution is -0.129. The van der Waals surface area contributed by atoms with Crippen LogP contribution in [0.25, 0.3) is 0 Å². The fraction of sp³-hybridized carbons (Fsp3) is 0.909. The van der Waals surface area contributed by atoms with Gasteiger partial charge in [0, 0.05) is 40.2 Å². The number of rotatable bonds is 5. The van der Waals surface area contributed by atoms with E-state index < -0.39 is 5.60 Å². The quantitative estimate of drug-likeness (QED) is 0.643.